The summed E-state index contributed by atoms with van der Waals surface area (Å²) in [5.74, 6) is 0.824. The number of ether oxygens (including phenoxy) is 1. The number of halogens is 1. The van der Waals surface area contributed by atoms with Gasteiger partial charge in [-0.15, -0.1) is 0 Å². The van der Waals surface area contributed by atoms with E-state index < -0.39 is 0 Å². The van der Waals surface area contributed by atoms with Gasteiger partial charge in [0.25, 0.3) is 5.56 Å². The van der Waals surface area contributed by atoms with Crippen LogP contribution < -0.4 is 11.3 Å². The van der Waals surface area contributed by atoms with Crippen molar-refractivity contribution < 1.29 is 9.84 Å². The highest BCUT2D eigenvalue weighted by Gasteiger charge is 2.21. The van der Waals surface area contributed by atoms with Crippen LogP contribution in [0.1, 0.15) is 17.0 Å². The number of anilines is 1. The molecule has 0 aliphatic carbocycles. The first-order valence-electron chi connectivity index (χ1n) is 12.4. The zero-order valence-electron chi connectivity index (χ0n) is 21.5. The molecule has 0 saturated heterocycles. The predicted molar refractivity (Wildman–Crippen MR) is 153 cm³/mol. The molecule has 0 bridgehead atoms. The van der Waals surface area contributed by atoms with Gasteiger partial charge in [-0.25, -0.2) is 19.6 Å². The van der Waals surface area contributed by atoms with E-state index in [-0.39, 0.29) is 36.8 Å². The Morgan fingerprint density at radius 2 is 1.80 bits per heavy atom. The molecular formula is C29H24ClN7O3. The highest BCUT2D eigenvalue weighted by Crippen LogP contribution is 2.32. The van der Waals surface area contributed by atoms with E-state index in [2.05, 4.69) is 9.97 Å². The van der Waals surface area contributed by atoms with E-state index in [4.69, 9.17) is 32.2 Å². The summed E-state index contributed by atoms with van der Waals surface area (Å²) in [6.45, 7) is 0.673. The Kier molecular flexibility index (Phi) is 6.63. The molecule has 0 aliphatic heterocycles. The molecule has 3 heterocycles. The molecule has 6 rings (SSSR count). The molecule has 200 valence electrons. The first kappa shape index (κ1) is 25.5. The van der Waals surface area contributed by atoms with Crippen molar-refractivity contribution in [2.75, 3.05) is 12.8 Å². The van der Waals surface area contributed by atoms with Gasteiger partial charge in [-0.3, -0.25) is 9.36 Å². The van der Waals surface area contributed by atoms with Crippen molar-refractivity contribution in [3.05, 3.63) is 105 Å². The van der Waals surface area contributed by atoms with Gasteiger partial charge in [0, 0.05) is 17.7 Å². The van der Waals surface area contributed by atoms with Crippen LogP contribution >= 0.6 is 11.6 Å². The summed E-state index contributed by atoms with van der Waals surface area (Å²) in [6, 6.07) is 19.6. The van der Waals surface area contributed by atoms with Gasteiger partial charge in [0.2, 0.25) is 0 Å². The average molecular weight is 554 g/mol. The quantitative estimate of drug-likeness (QED) is 0.297. The number of aromatic nitrogens is 6. The van der Waals surface area contributed by atoms with E-state index in [9.17, 15) is 9.90 Å². The summed E-state index contributed by atoms with van der Waals surface area (Å²) in [5.41, 5.74) is 9.91. The lowest BCUT2D eigenvalue weighted by molar-refractivity contribution is 0.186. The van der Waals surface area contributed by atoms with Crippen LogP contribution in [0.15, 0.2) is 77.9 Å². The SMILES string of the molecule is COCc1cccc2nc(Cn3nc(-c4cccc(O)c4)c4c(N)ncnc43)n(Cc3ccc(Cl)cc3)c(=O)c12. The summed E-state index contributed by atoms with van der Waals surface area (Å²) in [5, 5.41) is 16.5. The lowest BCUT2D eigenvalue weighted by atomic mass is 10.1. The number of fused-ring (bicyclic) bond motifs is 2. The number of hydrogen-bond acceptors (Lipinski definition) is 8. The average Bonchev–Trinajstić information content (AvgIpc) is 3.31. The van der Waals surface area contributed by atoms with Crippen molar-refractivity contribution in [3.8, 4) is 17.0 Å². The van der Waals surface area contributed by atoms with Gasteiger partial charge < -0.3 is 15.6 Å². The van der Waals surface area contributed by atoms with E-state index >= 15 is 0 Å². The molecule has 3 N–H and O–H groups in total. The summed E-state index contributed by atoms with van der Waals surface area (Å²) in [6.07, 6.45) is 1.37. The van der Waals surface area contributed by atoms with Crippen molar-refractivity contribution in [3.63, 3.8) is 0 Å². The second-order valence-electron chi connectivity index (χ2n) is 9.30. The third-order valence-corrected chi connectivity index (χ3v) is 6.92. The molecule has 0 fully saturated rings. The molecule has 0 saturated carbocycles. The van der Waals surface area contributed by atoms with Gasteiger partial charge in [-0.1, -0.05) is 48.0 Å². The largest absolute Gasteiger partial charge is 0.508 e. The molecule has 0 atom stereocenters. The van der Waals surface area contributed by atoms with Crippen molar-refractivity contribution in [2.24, 2.45) is 0 Å². The van der Waals surface area contributed by atoms with Crippen LogP contribution in [-0.2, 0) is 24.4 Å². The Morgan fingerprint density at radius 1 is 1.00 bits per heavy atom. The lowest BCUT2D eigenvalue weighted by Crippen LogP contribution is -2.28. The molecule has 40 heavy (non-hydrogen) atoms. The van der Waals surface area contributed by atoms with Gasteiger partial charge in [0.05, 0.1) is 29.4 Å². The monoisotopic (exact) mass is 553 g/mol. The molecule has 0 radical (unpaired) electrons. The summed E-state index contributed by atoms with van der Waals surface area (Å²) >= 11 is 6.10. The first-order valence-corrected chi connectivity index (χ1v) is 12.8. The van der Waals surface area contributed by atoms with Gasteiger partial charge in [0.1, 0.15) is 36.0 Å². The number of hydrogen-bond donors (Lipinski definition) is 2. The number of phenols is 1. The van der Waals surface area contributed by atoms with Gasteiger partial charge >= 0.3 is 0 Å². The summed E-state index contributed by atoms with van der Waals surface area (Å²) in [4.78, 5) is 27.6. The number of benzene rings is 3. The third kappa shape index (κ3) is 4.63. The molecule has 0 amide bonds. The second kappa shape index (κ2) is 10.4. The van der Waals surface area contributed by atoms with Crippen LogP contribution in [0.5, 0.6) is 5.75 Å². The second-order valence-corrected chi connectivity index (χ2v) is 9.74. The topological polar surface area (TPSA) is 134 Å². The molecule has 10 nitrogen and oxygen atoms in total. The molecule has 6 aromatic rings. The standard InChI is InChI=1S/C29H24ClN7O3/c1-40-15-19-5-3-7-22-24(19)29(39)36(13-17-8-10-20(30)11-9-17)23(34-22)14-37-28-25(27(31)32-16-33-28)26(35-37)18-4-2-6-21(38)12-18/h2-12,16,38H,13-15H2,1H3,(H2,31,32,33). The van der Waals surface area contributed by atoms with E-state index in [1.165, 1.54) is 6.33 Å². The van der Waals surface area contributed by atoms with Crippen LogP contribution in [0.25, 0.3) is 33.2 Å². The minimum atomic E-state index is -0.193. The Balaban J connectivity index is 1.55. The highest BCUT2D eigenvalue weighted by molar-refractivity contribution is 6.30. The third-order valence-electron chi connectivity index (χ3n) is 6.67. The minimum absolute atomic E-state index is 0.0930. The molecule has 0 unspecified atom stereocenters. The van der Waals surface area contributed by atoms with Gasteiger partial charge in [0.15, 0.2) is 5.65 Å². The predicted octanol–water partition coefficient (Wildman–Crippen LogP) is 4.39. The number of rotatable bonds is 7. The Morgan fingerprint density at radius 3 is 2.58 bits per heavy atom. The molecular weight excluding hydrogens is 530 g/mol. The maximum atomic E-state index is 14.0. The molecule has 11 heteroatoms. The maximum absolute atomic E-state index is 14.0. The van der Waals surface area contributed by atoms with Crippen LogP contribution in [0.3, 0.4) is 0 Å². The van der Waals surface area contributed by atoms with Gasteiger partial charge in [-0.2, -0.15) is 5.10 Å². The van der Waals surface area contributed by atoms with Gasteiger partial charge in [-0.05, 0) is 41.5 Å². The van der Waals surface area contributed by atoms with Crippen LogP contribution in [0.2, 0.25) is 5.02 Å². The molecule has 3 aromatic carbocycles. The van der Waals surface area contributed by atoms with Crippen LogP contribution in [0.4, 0.5) is 5.82 Å². The number of nitrogens with zero attached hydrogens (tertiary/aromatic N) is 6. The first-order chi connectivity index (χ1) is 19.4. The highest BCUT2D eigenvalue weighted by atomic mass is 35.5. The van der Waals surface area contributed by atoms with E-state index in [1.54, 1.807) is 46.7 Å². The molecule has 3 aromatic heterocycles. The zero-order valence-corrected chi connectivity index (χ0v) is 22.2. The molecule has 0 spiro atoms. The maximum Gasteiger partial charge on any atom is 0.262 e. The lowest BCUT2D eigenvalue weighted by Gasteiger charge is -2.16. The fourth-order valence-electron chi connectivity index (χ4n) is 4.84. The van der Waals surface area contributed by atoms with Crippen molar-refractivity contribution >= 4 is 39.4 Å². The number of phenolic OH excluding ortho intramolecular Hbond substituents is 1. The minimum Gasteiger partial charge on any atom is -0.508 e. The Labute approximate surface area is 233 Å². The van der Waals surface area contributed by atoms with E-state index in [0.717, 1.165) is 11.1 Å². The number of nitrogens with two attached hydrogens (primary N) is 1. The fraction of sp³-hybridized carbons (Fsp3) is 0.138. The van der Waals surface area contributed by atoms with Crippen molar-refractivity contribution in [1.29, 1.82) is 0 Å². The number of methoxy groups -OCH3 is 1. The summed E-state index contributed by atoms with van der Waals surface area (Å²) < 4.78 is 8.64. The van der Waals surface area contributed by atoms with E-state index in [1.807, 2.05) is 36.4 Å². The number of nitrogen functional groups attached to an aromatic ring is 1. The normalized spacial score (nSPS) is 11.4. The fourth-order valence-corrected chi connectivity index (χ4v) is 4.97. The van der Waals surface area contributed by atoms with Crippen molar-refractivity contribution in [1.82, 2.24) is 29.3 Å². The smallest absolute Gasteiger partial charge is 0.262 e. The Hall–Kier alpha value is -4.80. The van der Waals surface area contributed by atoms with Crippen LogP contribution in [0, 0.1) is 0 Å². The zero-order chi connectivity index (χ0) is 27.8. The van der Waals surface area contributed by atoms with Crippen LogP contribution in [-0.4, -0.2) is 41.5 Å². The van der Waals surface area contributed by atoms with E-state index in [0.29, 0.717) is 44.0 Å². The summed E-state index contributed by atoms with van der Waals surface area (Å²) in [7, 11) is 1.59. The number of aromatic hydroxyl groups is 1. The molecule has 0 aliphatic rings. The van der Waals surface area contributed by atoms with Crippen molar-refractivity contribution in [2.45, 2.75) is 19.7 Å². The Bertz CT molecular complexity index is 1930.